The van der Waals surface area contributed by atoms with Gasteiger partial charge in [-0.2, -0.15) is 0 Å². The third-order valence-electron chi connectivity index (χ3n) is 4.05. The largest absolute Gasteiger partial charge is 0.444 e. The quantitative estimate of drug-likeness (QED) is 0.476. The molecule has 0 aliphatic heterocycles. The van der Waals surface area contributed by atoms with E-state index in [-0.39, 0.29) is 0 Å². The second kappa shape index (κ2) is 7.75. The van der Waals surface area contributed by atoms with Gasteiger partial charge in [0.1, 0.15) is 17.8 Å². The lowest BCUT2D eigenvalue weighted by Gasteiger charge is -2.08. The van der Waals surface area contributed by atoms with E-state index in [0.29, 0.717) is 17.3 Å². The molecule has 138 valence electrons. The lowest BCUT2D eigenvalue weighted by molar-refractivity contribution is 0.262. The van der Waals surface area contributed by atoms with Crippen molar-refractivity contribution >= 4 is 17.4 Å². The molecule has 0 unspecified atom stereocenters. The zero-order valence-electron chi connectivity index (χ0n) is 14.7. The number of carbonyl (C=O) groups is 1. The van der Waals surface area contributed by atoms with E-state index in [1.54, 1.807) is 36.6 Å². The molecule has 28 heavy (non-hydrogen) atoms. The summed E-state index contributed by atoms with van der Waals surface area (Å²) in [5, 5.41) is 5.27. The highest BCUT2D eigenvalue weighted by molar-refractivity contribution is 5.99. The molecule has 2 N–H and O–H groups in total. The van der Waals surface area contributed by atoms with E-state index >= 15 is 0 Å². The maximum absolute atomic E-state index is 13.2. The van der Waals surface area contributed by atoms with Crippen LogP contribution in [0, 0.1) is 5.82 Å². The van der Waals surface area contributed by atoms with Crippen LogP contribution in [0.15, 0.2) is 89.5 Å². The normalized spacial score (nSPS) is 10.5. The number of nitrogens with zero attached hydrogens (tertiary/aromatic N) is 1. The number of carbonyl (C=O) groups excluding carboxylic acids is 1. The van der Waals surface area contributed by atoms with Crippen molar-refractivity contribution < 1.29 is 13.6 Å². The highest BCUT2D eigenvalue weighted by atomic mass is 19.1. The van der Waals surface area contributed by atoms with Crippen LogP contribution >= 0.6 is 0 Å². The number of hydrogen-bond donors (Lipinski definition) is 2. The number of anilines is 2. The first-order valence-corrected chi connectivity index (χ1v) is 8.62. The van der Waals surface area contributed by atoms with Crippen molar-refractivity contribution in [3.8, 4) is 22.7 Å². The molecule has 1 aromatic heterocycles. The van der Waals surface area contributed by atoms with Gasteiger partial charge in [-0.05, 0) is 42.5 Å². The molecule has 0 atom stereocenters. The van der Waals surface area contributed by atoms with Crippen molar-refractivity contribution in [2.75, 3.05) is 10.6 Å². The number of nitrogens with one attached hydrogen (secondary N) is 2. The Morgan fingerprint density at radius 1 is 0.821 bits per heavy atom. The number of amides is 2. The monoisotopic (exact) mass is 373 g/mol. The van der Waals surface area contributed by atoms with Gasteiger partial charge >= 0.3 is 6.03 Å². The summed E-state index contributed by atoms with van der Waals surface area (Å²) in [7, 11) is 0. The SMILES string of the molecule is O=C(Nc1ccc(-c2nc(-c3ccccc3)co2)cc1)Nc1cccc(F)c1. The van der Waals surface area contributed by atoms with Crippen LogP contribution in [0.2, 0.25) is 0 Å². The van der Waals surface area contributed by atoms with Gasteiger partial charge in [-0.25, -0.2) is 14.2 Å². The maximum atomic E-state index is 13.2. The lowest BCUT2D eigenvalue weighted by atomic mass is 10.2. The number of benzene rings is 3. The Balaban J connectivity index is 1.43. The van der Waals surface area contributed by atoms with E-state index in [1.165, 1.54) is 18.2 Å². The second-order valence-corrected chi connectivity index (χ2v) is 6.07. The first-order valence-electron chi connectivity index (χ1n) is 8.62. The molecule has 0 saturated heterocycles. The number of hydrogen-bond acceptors (Lipinski definition) is 3. The van der Waals surface area contributed by atoms with Gasteiger partial charge in [-0.1, -0.05) is 36.4 Å². The molecule has 2 amide bonds. The summed E-state index contributed by atoms with van der Waals surface area (Å²) >= 11 is 0. The smallest absolute Gasteiger partial charge is 0.323 e. The van der Waals surface area contributed by atoms with Gasteiger partial charge < -0.3 is 15.1 Å². The van der Waals surface area contributed by atoms with Crippen LogP contribution < -0.4 is 10.6 Å². The molecule has 0 fully saturated rings. The van der Waals surface area contributed by atoms with Crippen molar-refractivity contribution in [3.63, 3.8) is 0 Å². The Kier molecular flexibility index (Phi) is 4.84. The number of rotatable bonds is 4. The van der Waals surface area contributed by atoms with E-state index in [2.05, 4.69) is 15.6 Å². The van der Waals surface area contributed by atoms with E-state index < -0.39 is 11.8 Å². The average molecular weight is 373 g/mol. The van der Waals surface area contributed by atoms with E-state index in [0.717, 1.165) is 16.8 Å². The fourth-order valence-electron chi connectivity index (χ4n) is 2.70. The second-order valence-electron chi connectivity index (χ2n) is 6.07. The van der Waals surface area contributed by atoms with Crippen LogP contribution in [0.3, 0.4) is 0 Å². The van der Waals surface area contributed by atoms with Crippen LogP contribution in [0.5, 0.6) is 0 Å². The molecule has 0 aliphatic carbocycles. The van der Waals surface area contributed by atoms with E-state index in [1.807, 2.05) is 30.3 Å². The van der Waals surface area contributed by atoms with Gasteiger partial charge in [0, 0.05) is 22.5 Å². The average Bonchev–Trinajstić information content (AvgIpc) is 3.19. The first-order chi connectivity index (χ1) is 13.7. The standard InChI is InChI=1S/C22H16FN3O2/c23-17-7-4-8-19(13-17)25-22(27)24-18-11-9-16(10-12-18)21-26-20(14-28-21)15-5-2-1-3-6-15/h1-14H,(H2,24,25,27). The summed E-state index contributed by atoms with van der Waals surface area (Å²) in [5.74, 6) is 0.0811. The molecule has 0 radical (unpaired) electrons. The Labute approximate surface area is 160 Å². The highest BCUT2D eigenvalue weighted by Gasteiger charge is 2.09. The maximum Gasteiger partial charge on any atom is 0.323 e. The Morgan fingerprint density at radius 3 is 2.32 bits per heavy atom. The molecule has 6 heteroatoms. The summed E-state index contributed by atoms with van der Waals surface area (Å²) < 4.78 is 18.7. The molecule has 0 aliphatic rings. The predicted octanol–water partition coefficient (Wildman–Crippen LogP) is 5.79. The van der Waals surface area contributed by atoms with Crippen LogP contribution in [0.25, 0.3) is 22.7 Å². The van der Waals surface area contributed by atoms with Crippen molar-refractivity contribution in [2.45, 2.75) is 0 Å². The summed E-state index contributed by atoms with van der Waals surface area (Å²) in [4.78, 5) is 16.5. The van der Waals surface area contributed by atoms with Gasteiger partial charge in [-0.15, -0.1) is 0 Å². The number of aromatic nitrogens is 1. The van der Waals surface area contributed by atoms with Gasteiger partial charge in [0.2, 0.25) is 5.89 Å². The van der Waals surface area contributed by atoms with Crippen molar-refractivity contribution in [2.24, 2.45) is 0 Å². The Hall–Kier alpha value is -3.93. The molecule has 3 aromatic carbocycles. The topological polar surface area (TPSA) is 67.2 Å². The fourth-order valence-corrected chi connectivity index (χ4v) is 2.70. The lowest BCUT2D eigenvalue weighted by Crippen LogP contribution is -2.19. The summed E-state index contributed by atoms with van der Waals surface area (Å²) in [6.45, 7) is 0. The van der Waals surface area contributed by atoms with E-state index in [9.17, 15) is 9.18 Å². The van der Waals surface area contributed by atoms with Crippen LogP contribution in [-0.4, -0.2) is 11.0 Å². The van der Waals surface area contributed by atoms with Crippen LogP contribution in [0.1, 0.15) is 0 Å². The number of urea groups is 1. The first kappa shape index (κ1) is 17.5. The van der Waals surface area contributed by atoms with Gasteiger partial charge in [-0.3, -0.25) is 0 Å². The molecule has 5 nitrogen and oxygen atoms in total. The molecule has 0 bridgehead atoms. The van der Waals surface area contributed by atoms with Crippen molar-refractivity contribution in [1.29, 1.82) is 0 Å². The predicted molar refractivity (Wildman–Crippen MR) is 106 cm³/mol. The Bertz CT molecular complexity index is 1090. The van der Waals surface area contributed by atoms with Crippen molar-refractivity contribution in [3.05, 3.63) is 90.9 Å². The molecule has 1 heterocycles. The molecule has 4 aromatic rings. The zero-order valence-corrected chi connectivity index (χ0v) is 14.7. The third-order valence-corrected chi connectivity index (χ3v) is 4.05. The molecule has 4 rings (SSSR count). The third kappa shape index (κ3) is 4.07. The molecular weight excluding hydrogens is 357 g/mol. The van der Waals surface area contributed by atoms with E-state index in [4.69, 9.17) is 4.42 Å². The van der Waals surface area contributed by atoms with Gasteiger partial charge in [0.15, 0.2) is 0 Å². The van der Waals surface area contributed by atoms with Crippen LogP contribution in [0.4, 0.5) is 20.6 Å². The number of oxazole rings is 1. The number of halogens is 1. The van der Waals surface area contributed by atoms with Crippen LogP contribution in [-0.2, 0) is 0 Å². The molecule has 0 saturated carbocycles. The fraction of sp³-hybridized carbons (Fsp3) is 0. The Morgan fingerprint density at radius 2 is 1.57 bits per heavy atom. The highest BCUT2D eigenvalue weighted by Crippen LogP contribution is 2.25. The summed E-state index contributed by atoms with van der Waals surface area (Å²) in [5.41, 5.74) is 3.49. The molecular formula is C22H16FN3O2. The van der Waals surface area contributed by atoms with Gasteiger partial charge in [0.25, 0.3) is 0 Å². The summed E-state index contributed by atoms with van der Waals surface area (Å²) in [6, 6.07) is 22.1. The minimum absolute atomic E-state index is 0.377. The minimum atomic E-state index is -0.458. The minimum Gasteiger partial charge on any atom is -0.444 e. The van der Waals surface area contributed by atoms with Gasteiger partial charge in [0.05, 0.1) is 0 Å². The summed E-state index contributed by atoms with van der Waals surface area (Å²) in [6.07, 6.45) is 1.61. The van der Waals surface area contributed by atoms with Crippen molar-refractivity contribution in [1.82, 2.24) is 4.98 Å². The molecule has 0 spiro atoms. The zero-order chi connectivity index (χ0) is 19.3.